The van der Waals surface area contributed by atoms with Gasteiger partial charge in [0.2, 0.25) is 0 Å². The van der Waals surface area contributed by atoms with Crippen molar-refractivity contribution in [3.05, 3.63) is 41.3 Å². The molecule has 0 spiro atoms. The Bertz CT molecular complexity index is 653. The molecule has 1 N–H and O–H groups in total. The van der Waals surface area contributed by atoms with Gasteiger partial charge in [0.05, 0.1) is 18.8 Å². The molecule has 124 valence electrons. The number of methoxy groups -OCH3 is 1. The first kappa shape index (κ1) is 15.9. The summed E-state index contributed by atoms with van der Waals surface area (Å²) in [6.45, 7) is 3.80. The number of hydrogen-bond acceptors (Lipinski definition) is 5. The average Bonchev–Trinajstić information content (AvgIpc) is 2.84. The zero-order chi connectivity index (χ0) is 16.2. The topological polar surface area (TPSA) is 58.7 Å². The number of ether oxygens (including phenoxy) is 1. The zero-order valence-electron chi connectivity index (χ0n) is 13.8. The minimum absolute atomic E-state index is 0.175. The number of likely N-dealkylation sites (tertiary alicyclic amines) is 1. The summed E-state index contributed by atoms with van der Waals surface area (Å²) in [5, 5.41) is 13.8. The quantitative estimate of drug-likeness (QED) is 0.929. The molecule has 1 aliphatic rings. The minimum atomic E-state index is 0.175. The smallest absolute Gasteiger partial charge is 0.160 e. The second-order valence-corrected chi connectivity index (χ2v) is 6.21. The number of nitrogens with zero attached hydrogens (tertiary/aromatic N) is 2. The van der Waals surface area contributed by atoms with E-state index in [9.17, 15) is 5.11 Å². The fraction of sp³-hybridized carbons (Fsp3) is 0.500. The summed E-state index contributed by atoms with van der Waals surface area (Å²) in [6, 6.07) is 7.85. The molecule has 5 nitrogen and oxygen atoms in total. The molecule has 0 amide bonds. The largest absolute Gasteiger partial charge is 0.504 e. The van der Waals surface area contributed by atoms with Crippen LogP contribution in [0, 0.1) is 6.92 Å². The van der Waals surface area contributed by atoms with Crippen LogP contribution in [0.2, 0.25) is 0 Å². The highest BCUT2D eigenvalue weighted by Crippen LogP contribution is 2.33. The highest BCUT2D eigenvalue weighted by molar-refractivity contribution is 5.41. The molecule has 0 radical (unpaired) electrons. The first-order valence-corrected chi connectivity index (χ1v) is 8.20. The standard InChI is InChI=1S/C18H24N2O3/c1-13-10-17(23-19-13)15-6-4-3-5-9-20(15)12-14-7-8-16(21)18(11-14)22-2/h7-8,10-11,15,21H,3-6,9,12H2,1-2H3/t15-/m0/s1. The SMILES string of the molecule is COc1cc(CN2CCCCC[C@H]2c2cc(C)no2)ccc1O. The normalized spacial score (nSPS) is 19.5. The molecule has 1 atom stereocenters. The van der Waals surface area contributed by atoms with Gasteiger partial charge in [0.15, 0.2) is 17.3 Å². The van der Waals surface area contributed by atoms with Crippen LogP contribution in [0.15, 0.2) is 28.8 Å². The fourth-order valence-electron chi connectivity index (χ4n) is 3.27. The molecule has 1 aliphatic heterocycles. The van der Waals surface area contributed by atoms with Gasteiger partial charge in [0.25, 0.3) is 0 Å². The average molecular weight is 316 g/mol. The molecule has 3 rings (SSSR count). The summed E-state index contributed by atoms with van der Waals surface area (Å²) in [5.74, 6) is 1.65. The summed E-state index contributed by atoms with van der Waals surface area (Å²) >= 11 is 0. The Morgan fingerprint density at radius 3 is 2.91 bits per heavy atom. The summed E-state index contributed by atoms with van der Waals surface area (Å²) in [6.07, 6.45) is 4.74. The minimum Gasteiger partial charge on any atom is -0.504 e. The number of rotatable bonds is 4. The second-order valence-electron chi connectivity index (χ2n) is 6.21. The number of aromatic hydroxyl groups is 1. The van der Waals surface area contributed by atoms with Crippen molar-refractivity contribution in [3.63, 3.8) is 0 Å². The van der Waals surface area contributed by atoms with E-state index < -0.39 is 0 Å². The van der Waals surface area contributed by atoms with Crippen LogP contribution < -0.4 is 4.74 Å². The van der Waals surface area contributed by atoms with Gasteiger partial charge in [-0.2, -0.15) is 0 Å². The summed E-state index contributed by atoms with van der Waals surface area (Å²) in [5.41, 5.74) is 2.05. The van der Waals surface area contributed by atoms with Crippen molar-refractivity contribution in [2.45, 2.75) is 45.2 Å². The maximum atomic E-state index is 9.76. The van der Waals surface area contributed by atoms with E-state index in [1.807, 2.05) is 25.1 Å². The Kier molecular flexibility index (Phi) is 4.86. The lowest BCUT2D eigenvalue weighted by atomic mass is 10.1. The molecule has 5 heteroatoms. The molecule has 0 saturated carbocycles. The van der Waals surface area contributed by atoms with Crippen LogP contribution in [0.4, 0.5) is 0 Å². The van der Waals surface area contributed by atoms with Gasteiger partial charge >= 0.3 is 0 Å². The van der Waals surface area contributed by atoms with E-state index in [1.54, 1.807) is 13.2 Å². The van der Waals surface area contributed by atoms with Crippen molar-refractivity contribution in [1.29, 1.82) is 0 Å². The number of aromatic nitrogens is 1. The monoisotopic (exact) mass is 316 g/mol. The van der Waals surface area contributed by atoms with Crippen molar-refractivity contribution in [3.8, 4) is 11.5 Å². The van der Waals surface area contributed by atoms with E-state index in [4.69, 9.17) is 9.26 Å². The molecular formula is C18H24N2O3. The van der Waals surface area contributed by atoms with Gasteiger partial charge in [0, 0.05) is 12.6 Å². The third-order valence-corrected chi connectivity index (χ3v) is 4.47. The molecule has 1 fully saturated rings. The highest BCUT2D eigenvalue weighted by atomic mass is 16.5. The Hall–Kier alpha value is -2.01. The van der Waals surface area contributed by atoms with Gasteiger partial charge in [0.1, 0.15) is 0 Å². The Balaban J connectivity index is 1.82. The molecule has 2 aromatic rings. The Morgan fingerprint density at radius 2 is 2.17 bits per heavy atom. The van der Waals surface area contributed by atoms with Gasteiger partial charge in [-0.25, -0.2) is 0 Å². The molecule has 1 saturated heterocycles. The van der Waals surface area contributed by atoms with Crippen LogP contribution in [0.1, 0.15) is 48.7 Å². The Morgan fingerprint density at radius 1 is 1.30 bits per heavy atom. The van der Waals surface area contributed by atoms with E-state index in [-0.39, 0.29) is 11.8 Å². The van der Waals surface area contributed by atoms with Gasteiger partial charge in [-0.1, -0.05) is 24.1 Å². The summed E-state index contributed by atoms with van der Waals surface area (Å²) in [7, 11) is 1.57. The summed E-state index contributed by atoms with van der Waals surface area (Å²) < 4.78 is 10.8. The van der Waals surface area contributed by atoms with E-state index in [1.165, 1.54) is 19.3 Å². The first-order valence-electron chi connectivity index (χ1n) is 8.20. The third-order valence-electron chi connectivity index (χ3n) is 4.47. The number of hydrogen-bond donors (Lipinski definition) is 1. The first-order chi connectivity index (χ1) is 11.2. The van der Waals surface area contributed by atoms with E-state index in [0.29, 0.717) is 5.75 Å². The van der Waals surface area contributed by atoms with Crippen LogP contribution in [-0.4, -0.2) is 28.8 Å². The van der Waals surface area contributed by atoms with Gasteiger partial charge < -0.3 is 14.4 Å². The lowest BCUT2D eigenvalue weighted by Gasteiger charge is -2.28. The van der Waals surface area contributed by atoms with Crippen molar-refractivity contribution < 1.29 is 14.4 Å². The third kappa shape index (κ3) is 3.67. The van der Waals surface area contributed by atoms with Crippen LogP contribution in [0.25, 0.3) is 0 Å². The van der Waals surface area contributed by atoms with Crippen molar-refractivity contribution in [1.82, 2.24) is 10.1 Å². The number of phenolic OH excluding ortho intramolecular Hbond substituents is 1. The second kappa shape index (κ2) is 7.04. The molecule has 1 aromatic heterocycles. The number of phenols is 1. The van der Waals surface area contributed by atoms with Gasteiger partial charge in [-0.05, 0) is 44.0 Å². The zero-order valence-corrected chi connectivity index (χ0v) is 13.8. The van der Waals surface area contributed by atoms with Crippen LogP contribution in [0.5, 0.6) is 11.5 Å². The van der Waals surface area contributed by atoms with Crippen molar-refractivity contribution in [2.75, 3.05) is 13.7 Å². The fourth-order valence-corrected chi connectivity index (χ4v) is 3.27. The molecule has 1 aromatic carbocycles. The molecular weight excluding hydrogens is 292 g/mol. The maximum absolute atomic E-state index is 9.76. The van der Waals surface area contributed by atoms with Gasteiger partial charge in [-0.3, -0.25) is 4.90 Å². The molecule has 2 heterocycles. The molecule has 23 heavy (non-hydrogen) atoms. The lowest BCUT2D eigenvalue weighted by Crippen LogP contribution is -2.28. The molecule has 0 aliphatic carbocycles. The Labute approximate surface area is 136 Å². The van der Waals surface area contributed by atoms with E-state index in [0.717, 1.165) is 36.5 Å². The highest BCUT2D eigenvalue weighted by Gasteiger charge is 2.26. The predicted octanol–water partition coefficient (Wildman–Crippen LogP) is 3.81. The maximum Gasteiger partial charge on any atom is 0.160 e. The number of aryl methyl sites for hydroxylation is 1. The van der Waals surface area contributed by atoms with Crippen LogP contribution in [0.3, 0.4) is 0 Å². The van der Waals surface area contributed by atoms with Crippen LogP contribution >= 0.6 is 0 Å². The predicted molar refractivity (Wildman–Crippen MR) is 87.5 cm³/mol. The molecule has 0 unspecified atom stereocenters. The summed E-state index contributed by atoms with van der Waals surface area (Å²) in [4.78, 5) is 2.44. The molecule has 0 bridgehead atoms. The van der Waals surface area contributed by atoms with E-state index in [2.05, 4.69) is 10.1 Å². The van der Waals surface area contributed by atoms with Crippen LogP contribution in [-0.2, 0) is 6.54 Å². The van der Waals surface area contributed by atoms with Gasteiger partial charge in [-0.15, -0.1) is 0 Å². The van der Waals surface area contributed by atoms with E-state index >= 15 is 0 Å². The lowest BCUT2D eigenvalue weighted by molar-refractivity contribution is 0.160. The van der Waals surface area contributed by atoms with Crippen molar-refractivity contribution >= 4 is 0 Å². The van der Waals surface area contributed by atoms with Crippen molar-refractivity contribution in [2.24, 2.45) is 0 Å². The number of benzene rings is 1.